The summed E-state index contributed by atoms with van der Waals surface area (Å²) in [5.41, 5.74) is 0.661. The van der Waals surface area contributed by atoms with Crippen LogP contribution < -0.4 is 0 Å². The molecule has 0 aromatic rings. The summed E-state index contributed by atoms with van der Waals surface area (Å²) in [5.74, 6) is 0.369. The highest BCUT2D eigenvalue weighted by molar-refractivity contribution is 5.92. The van der Waals surface area contributed by atoms with E-state index < -0.39 is 0 Å². The number of ether oxygens (including phenoxy) is 1. The Morgan fingerprint density at radius 2 is 2.38 bits per heavy atom. The minimum absolute atomic E-state index is 0.109. The maximum atomic E-state index is 11.2. The van der Waals surface area contributed by atoms with Crippen molar-refractivity contribution in [3.63, 3.8) is 0 Å². The van der Waals surface area contributed by atoms with Gasteiger partial charge in [-0.25, -0.2) is 4.79 Å². The third-order valence-corrected chi connectivity index (χ3v) is 1.80. The van der Waals surface area contributed by atoms with Crippen LogP contribution in [0.15, 0.2) is 23.5 Å². The normalized spacial score (nSPS) is 19.1. The van der Waals surface area contributed by atoms with Crippen LogP contribution >= 0.6 is 0 Å². The summed E-state index contributed by atoms with van der Waals surface area (Å²) in [7, 11) is 0. The molecule has 1 N–H and O–H groups in total. The zero-order valence-electron chi connectivity index (χ0n) is 7.75. The SMILES string of the molecule is CC/C=C1/C=C(CCCO)C(=O)O1. The lowest BCUT2D eigenvalue weighted by Crippen LogP contribution is -1.99. The van der Waals surface area contributed by atoms with Crippen molar-refractivity contribution < 1.29 is 14.6 Å². The first kappa shape index (κ1) is 9.99. The number of allylic oxidation sites excluding steroid dienone is 2. The molecule has 0 atom stereocenters. The predicted octanol–water partition coefficient (Wildman–Crippen LogP) is 1.54. The fourth-order valence-electron chi connectivity index (χ4n) is 1.18. The minimum atomic E-state index is -0.270. The standard InChI is InChI=1S/C10H14O3/c1-2-4-9-7-8(5-3-6-11)10(12)13-9/h4,7,11H,2-3,5-6H2,1H3/b9-4-. The predicted molar refractivity (Wildman–Crippen MR) is 48.9 cm³/mol. The van der Waals surface area contributed by atoms with Gasteiger partial charge < -0.3 is 9.84 Å². The highest BCUT2D eigenvalue weighted by Gasteiger charge is 2.19. The van der Waals surface area contributed by atoms with Gasteiger partial charge >= 0.3 is 5.97 Å². The molecule has 0 bridgehead atoms. The van der Waals surface area contributed by atoms with Gasteiger partial charge in [0.25, 0.3) is 0 Å². The zero-order valence-corrected chi connectivity index (χ0v) is 7.75. The Labute approximate surface area is 77.7 Å². The molecule has 13 heavy (non-hydrogen) atoms. The molecule has 0 saturated heterocycles. The monoisotopic (exact) mass is 182 g/mol. The molecular weight excluding hydrogens is 168 g/mol. The van der Waals surface area contributed by atoms with E-state index in [4.69, 9.17) is 9.84 Å². The van der Waals surface area contributed by atoms with Gasteiger partial charge in [0.1, 0.15) is 5.76 Å². The Morgan fingerprint density at radius 3 is 3.00 bits per heavy atom. The molecule has 0 aliphatic carbocycles. The molecule has 72 valence electrons. The Morgan fingerprint density at radius 1 is 1.62 bits per heavy atom. The summed E-state index contributed by atoms with van der Waals surface area (Å²) in [6.45, 7) is 2.10. The lowest BCUT2D eigenvalue weighted by Gasteiger charge is -1.95. The average Bonchev–Trinajstić information content (AvgIpc) is 2.44. The van der Waals surface area contributed by atoms with Gasteiger partial charge in [0.15, 0.2) is 0 Å². The second-order valence-corrected chi connectivity index (χ2v) is 2.90. The topological polar surface area (TPSA) is 46.5 Å². The van der Waals surface area contributed by atoms with Gasteiger partial charge in [-0.1, -0.05) is 6.92 Å². The molecule has 3 nitrogen and oxygen atoms in total. The van der Waals surface area contributed by atoms with E-state index in [9.17, 15) is 4.79 Å². The Balaban J connectivity index is 2.57. The van der Waals surface area contributed by atoms with E-state index in [0.717, 1.165) is 6.42 Å². The number of aliphatic hydroxyl groups is 1. The van der Waals surface area contributed by atoms with Crippen LogP contribution in [-0.4, -0.2) is 17.7 Å². The zero-order chi connectivity index (χ0) is 9.68. The van der Waals surface area contributed by atoms with Crippen molar-refractivity contribution in [3.8, 4) is 0 Å². The highest BCUT2D eigenvalue weighted by atomic mass is 16.5. The van der Waals surface area contributed by atoms with Crippen molar-refractivity contribution in [1.82, 2.24) is 0 Å². The van der Waals surface area contributed by atoms with Crippen LogP contribution in [0.3, 0.4) is 0 Å². The first-order valence-electron chi connectivity index (χ1n) is 4.51. The van der Waals surface area contributed by atoms with Crippen molar-refractivity contribution in [1.29, 1.82) is 0 Å². The van der Waals surface area contributed by atoms with E-state index >= 15 is 0 Å². The number of hydrogen-bond donors (Lipinski definition) is 1. The smallest absolute Gasteiger partial charge is 0.339 e. The molecule has 0 saturated carbocycles. The van der Waals surface area contributed by atoms with E-state index in [0.29, 0.717) is 24.2 Å². The maximum Gasteiger partial charge on any atom is 0.339 e. The van der Waals surface area contributed by atoms with Crippen LogP contribution in [0.4, 0.5) is 0 Å². The molecule has 0 unspecified atom stereocenters. The number of carbonyl (C=O) groups excluding carboxylic acids is 1. The Hall–Kier alpha value is -1.09. The van der Waals surface area contributed by atoms with Crippen molar-refractivity contribution in [2.24, 2.45) is 0 Å². The van der Waals surface area contributed by atoms with Gasteiger partial charge in [-0.3, -0.25) is 0 Å². The fraction of sp³-hybridized carbons (Fsp3) is 0.500. The maximum absolute atomic E-state index is 11.2. The molecule has 0 spiro atoms. The summed E-state index contributed by atoms with van der Waals surface area (Å²) in [6.07, 6.45) is 5.68. The van der Waals surface area contributed by atoms with Gasteiger partial charge in [0.2, 0.25) is 0 Å². The number of esters is 1. The number of hydrogen-bond acceptors (Lipinski definition) is 3. The van der Waals surface area contributed by atoms with E-state index in [-0.39, 0.29) is 12.6 Å². The van der Waals surface area contributed by atoms with Crippen LogP contribution in [0.5, 0.6) is 0 Å². The molecule has 1 aliphatic heterocycles. The quantitative estimate of drug-likeness (QED) is 0.671. The number of rotatable bonds is 4. The molecule has 0 aromatic carbocycles. The second kappa shape index (κ2) is 4.82. The van der Waals surface area contributed by atoms with Gasteiger partial charge in [0, 0.05) is 12.2 Å². The summed E-state index contributed by atoms with van der Waals surface area (Å²) in [6, 6.07) is 0. The second-order valence-electron chi connectivity index (χ2n) is 2.90. The summed E-state index contributed by atoms with van der Waals surface area (Å²) < 4.78 is 4.96. The number of aliphatic hydroxyl groups excluding tert-OH is 1. The largest absolute Gasteiger partial charge is 0.424 e. The molecule has 3 heteroatoms. The Bertz CT molecular complexity index is 251. The summed E-state index contributed by atoms with van der Waals surface area (Å²) >= 11 is 0. The van der Waals surface area contributed by atoms with Gasteiger partial charge in [-0.15, -0.1) is 0 Å². The van der Waals surface area contributed by atoms with Crippen LogP contribution in [0.2, 0.25) is 0 Å². The molecule has 0 radical (unpaired) electrons. The van der Waals surface area contributed by atoms with Crippen molar-refractivity contribution in [2.45, 2.75) is 26.2 Å². The first-order chi connectivity index (χ1) is 6.27. The summed E-state index contributed by atoms with van der Waals surface area (Å²) in [5, 5.41) is 8.59. The van der Waals surface area contributed by atoms with Crippen molar-refractivity contribution >= 4 is 5.97 Å². The van der Waals surface area contributed by atoms with E-state index in [1.165, 1.54) is 0 Å². The lowest BCUT2D eigenvalue weighted by molar-refractivity contribution is -0.133. The van der Waals surface area contributed by atoms with Gasteiger partial charge in [0.05, 0.1) is 0 Å². The molecule has 1 rings (SSSR count). The minimum Gasteiger partial charge on any atom is -0.424 e. The van der Waals surface area contributed by atoms with E-state index in [1.54, 1.807) is 6.08 Å². The third-order valence-electron chi connectivity index (χ3n) is 1.80. The van der Waals surface area contributed by atoms with Crippen LogP contribution in [0.1, 0.15) is 26.2 Å². The average molecular weight is 182 g/mol. The van der Waals surface area contributed by atoms with Gasteiger partial charge in [-0.2, -0.15) is 0 Å². The van der Waals surface area contributed by atoms with Crippen LogP contribution in [0.25, 0.3) is 0 Å². The molecule has 1 aliphatic rings. The molecule has 0 aromatic heterocycles. The van der Waals surface area contributed by atoms with Crippen molar-refractivity contribution in [2.75, 3.05) is 6.61 Å². The third kappa shape index (κ3) is 2.70. The first-order valence-corrected chi connectivity index (χ1v) is 4.51. The van der Waals surface area contributed by atoms with Crippen LogP contribution in [0, 0.1) is 0 Å². The lowest BCUT2D eigenvalue weighted by atomic mass is 10.1. The molecule has 1 heterocycles. The highest BCUT2D eigenvalue weighted by Crippen LogP contribution is 2.20. The molecule has 0 fully saturated rings. The van der Waals surface area contributed by atoms with Crippen molar-refractivity contribution in [3.05, 3.63) is 23.5 Å². The number of carbonyl (C=O) groups is 1. The van der Waals surface area contributed by atoms with E-state index in [2.05, 4.69) is 0 Å². The summed E-state index contributed by atoms with van der Waals surface area (Å²) in [4.78, 5) is 11.2. The Kier molecular flexibility index (Phi) is 3.71. The van der Waals surface area contributed by atoms with Gasteiger partial charge in [-0.05, 0) is 31.4 Å². The van der Waals surface area contributed by atoms with Crippen LogP contribution in [-0.2, 0) is 9.53 Å². The van der Waals surface area contributed by atoms with E-state index in [1.807, 2.05) is 13.0 Å². The molecular formula is C10H14O3. The molecule has 0 amide bonds. The fourth-order valence-corrected chi connectivity index (χ4v) is 1.18. The number of cyclic esters (lactones) is 1.